The predicted octanol–water partition coefficient (Wildman–Crippen LogP) is 5.49. The predicted molar refractivity (Wildman–Crippen MR) is 108 cm³/mol. The van der Waals surface area contributed by atoms with Gasteiger partial charge >= 0.3 is 0 Å². The highest BCUT2D eigenvalue weighted by Crippen LogP contribution is 2.34. The van der Waals surface area contributed by atoms with Gasteiger partial charge in [-0.15, -0.1) is 0 Å². The maximum absolute atomic E-state index is 12.9. The van der Waals surface area contributed by atoms with Crippen LogP contribution in [0.3, 0.4) is 0 Å². The average molecular weight is 393 g/mol. The monoisotopic (exact) mass is 392 g/mol. The number of benzene rings is 2. The number of rotatable bonds is 4. The zero-order chi connectivity index (χ0) is 18.7. The molecule has 0 saturated carbocycles. The fraction of sp³-hybridized carbons (Fsp3) is 0.350. The molecule has 1 heterocycles. The first-order valence-corrected chi connectivity index (χ1v) is 9.43. The molecule has 0 bridgehead atoms. The van der Waals surface area contributed by atoms with Crippen molar-refractivity contribution in [2.24, 2.45) is 5.92 Å². The van der Waals surface area contributed by atoms with Crippen molar-refractivity contribution in [3.63, 3.8) is 0 Å². The number of hydrogen-bond acceptors (Lipinski definition) is 3. The van der Waals surface area contributed by atoms with Gasteiger partial charge in [0.05, 0.1) is 29.1 Å². The molecule has 0 aliphatic carbocycles. The number of carbonyl (C=O) groups excluding carboxylic acids is 1. The van der Waals surface area contributed by atoms with Crippen LogP contribution in [0.25, 0.3) is 0 Å². The molecule has 138 valence electrons. The van der Waals surface area contributed by atoms with Gasteiger partial charge in [-0.05, 0) is 43.0 Å². The van der Waals surface area contributed by atoms with E-state index in [1.54, 1.807) is 12.1 Å². The van der Waals surface area contributed by atoms with Crippen LogP contribution in [-0.4, -0.2) is 26.1 Å². The standard InChI is InChI=1S/C20H22Cl2N2O2/c1-13-7-9-24(10-8-13)18-6-4-3-5-17(18)23-20(25)15-11-14(21)12-16(22)19(15)26-2/h3-6,11-13H,7-10H2,1-2H3,(H,23,25). The van der Waals surface area contributed by atoms with Crippen LogP contribution in [0.2, 0.25) is 10.0 Å². The highest BCUT2D eigenvalue weighted by molar-refractivity contribution is 6.36. The van der Waals surface area contributed by atoms with E-state index in [1.807, 2.05) is 24.3 Å². The van der Waals surface area contributed by atoms with Gasteiger partial charge in [-0.3, -0.25) is 4.79 Å². The second-order valence-electron chi connectivity index (χ2n) is 6.61. The molecule has 1 aliphatic heterocycles. The first-order chi connectivity index (χ1) is 12.5. The molecule has 4 nitrogen and oxygen atoms in total. The van der Waals surface area contributed by atoms with Crippen molar-refractivity contribution in [3.8, 4) is 5.75 Å². The van der Waals surface area contributed by atoms with Crippen LogP contribution in [0.1, 0.15) is 30.1 Å². The van der Waals surface area contributed by atoms with Crippen molar-refractivity contribution in [2.75, 3.05) is 30.4 Å². The molecule has 0 atom stereocenters. The van der Waals surface area contributed by atoms with Crippen LogP contribution >= 0.6 is 23.2 Å². The number of halogens is 2. The van der Waals surface area contributed by atoms with Crippen molar-refractivity contribution >= 4 is 40.5 Å². The molecule has 0 aromatic heterocycles. The van der Waals surface area contributed by atoms with E-state index in [2.05, 4.69) is 17.1 Å². The van der Waals surface area contributed by atoms with Gasteiger partial charge in [0.1, 0.15) is 5.75 Å². The van der Waals surface area contributed by atoms with Gasteiger partial charge in [0.2, 0.25) is 0 Å². The Morgan fingerprint density at radius 3 is 2.58 bits per heavy atom. The van der Waals surface area contributed by atoms with Gasteiger partial charge in [0, 0.05) is 18.1 Å². The molecule has 0 radical (unpaired) electrons. The summed E-state index contributed by atoms with van der Waals surface area (Å²) in [6, 6.07) is 11.0. The lowest BCUT2D eigenvalue weighted by Gasteiger charge is -2.33. The van der Waals surface area contributed by atoms with E-state index >= 15 is 0 Å². The largest absolute Gasteiger partial charge is 0.494 e. The number of nitrogens with one attached hydrogen (secondary N) is 1. The summed E-state index contributed by atoms with van der Waals surface area (Å²) in [5.74, 6) is 0.757. The summed E-state index contributed by atoms with van der Waals surface area (Å²) in [4.78, 5) is 15.2. The first-order valence-electron chi connectivity index (χ1n) is 8.68. The topological polar surface area (TPSA) is 41.6 Å². The summed E-state index contributed by atoms with van der Waals surface area (Å²) in [7, 11) is 1.48. The zero-order valence-electron chi connectivity index (χ0n) is 14.9. The van der Waals surface area contributed by atoms with Crippen molar-refractivity contribution in [1.82, 2.24) is 0 Å². The summed E-state index contributed by atoms with van der Waals surface area (Å²) < 4.78 is 5.29. The molecule has 1 N–H and O–H groups in total. The lowest BCUT2D eigenvalue weighted by molar-refractivity contribution is 0.102. The van der Waals surface area contributed by atoms with Crippen molar-refractivity contribution < 1.29 is 9.53 Å². The zero-order valence-corrected chi connectivity index (χ0v) is 16.4. The maximum atomic E-state index is 12.9. The number of carbonyl (C=O) groups is 1. The molecule has 2 aromatic carbocycles. The van der Waals surface area contributed by atoms with Crippen molar-refractivity contribution in [3.05, 3.63) is 52.0 Å². The number of ether oxygens (including phenoxy) is 1. The molecular formula is C20H22Cl2N2O2. The lowest BCUT2D eigenvalue weighted by Crippen LogP contribution is -2.33. The van der Waals surface area contributed by atoms with E-state index in [1.165, 1.54) is 7.11 Å². The highest BCUT2D eigenvalue weighted by Gasteiger charge is 2.21. The summed E-state index contributed by atoms with van der Waals surface area (Å²) in [5.41, 5.74) is 2.11. The second-order valence-corrected chi connectivity index (χ2v) is 7.45. The lowest BCUT2D eigenvalue weighted by atomic mass is 9.98. The summed E-state index contributed by atoms with van der Waals surface area (Å²) in [6.07, 6.45) is 2.31. The summed E-state index contributed by atoms with van der Waals surface area (Å²) >= 11 is 12.2. The Morgan fingerprint density at radius 2 is 1.88 bits per heavy atom. The van der Waals surface area contributed by atoms with Gasteiger partial charge in [-0.2, -0.15) is 0 Å². The van der Waals surface area contributed by atoms with Crippen molar-refractivity contribution in [1.29, 1.82) is 0 Å². The molecule has 1 amide bonds. The summed E-state index contributed by atoms with van der Waals surface area (Å²) in [6.45, 7) is 4.25. The van der Waals surface area contributed by atoms with Crippen LogP contribution in [0.4, 0.5) is 11.4 Å². The van der Waals surface area contributed by atoms with Gasteiger partial charge in [-0.25, -0.2) is 0 Å². The molecule has 1 fully saturated rings. The third-order valence-corrected chi connectivity index (χ3v) is 5.23. The van der Waals surface area contributed by atoms with E-state index in [-0.39, 0.29) is 5.91 Å². The highest BCUT2D eigenvalue weighted by atomic mass is 35.5. The molecule has 26 heavy (non-hydrogen) atoms. The number of hydrogen-bond donors (Lipinski definition) is 1. The smallest absolute Gasteiger partial charge is 0.259 e. The van der Waals surface area contributed by atoms with Crippen LogP contribution in [0.5, 0.6) is 5.75 Å². The van der Waals surface area contributed by atoms with E-state index in [0.29, 0.717) is 21.4 Å². The molecule has 2 aromatic rings. The van der Waals surface area contributed by atoms with E-state index in [0.717, 1.165) is 43.2 Å². The Labute approximate surface area is 164 Å². The van der Waals surface area contributed by atoms with Crippen LogP contribution in [0.15, 0.2) is 36.4 Å². The van der Waals surface area contributed by atoms with Crippen LogP contribution in [-0.2, 0) is 0 Å². The third kappa shape index (κ3) is 4.08. The number of para-hydroxylation sites is 2. The first kappa shape index (κ1) is 18.9. The van der Waals surface area contributed by atoms with E-state index in [4.69, 9.17) is 27.9 Å². The molecule has 3 rings (SSSR count). The number of anilines is 2. The molecule has 0 spiro atoms. The Morgan fingerprint density at radius 1 is 1.19 bits per heavy atom. The molecule has 1 aliphatic rings. The number of piperidine rings is 1. The van der Waals surface area contributed by atoms with Gasteiger partial charge in [0.25, 0.3) is 5.91 Å². The Kier molecular flexibility index (Phi) is 5.94. The fourth-order valence-electron chi connectivity index (χ4n) is 3.23. The number of methoxy groups -OCH3 is 1. The Balaban J connectivity index is 1.87. The SMILES string of the molecule is COc1c(Cl)cc(Cl)cc1C(=O)Nc1ccccc1N1CCC(C)CC1. The molecule has 0 unspecified atom stereocenters. The minimum absolute atomic E-state index is 0.302. The van der Waals surface area contributed by atoms with Gasteiger partial charge in [-0.1, -0.05) is 42.3 Å². The van der Waals surface area contributed by atoms with Crippen LogP contribution in [0, 0.1) is 5.92 Å². The minimum Gasteiger partial charge on any atom is -0.494 e. The third-order valence-electron chi connectivity index (χ3n) is 4.73. The number of nitrogens with zero attached hydrogens (tertiary/aromatic N) is 1. The Hall–Kier alpha value is -1.91. The quantitative estimate of drug-likeness (QED) is 0.747. The summed E-state index contributed by atoms with van der Waals surface area (Å²) in [5, 5.41) is 3.68. The molecule has 6 heteroatoms. The van der Waals surface area contributed by atoms with Crippen molar-refractivity contribution in [2.45, 2.75) is 19.8 Å². The van der Waals surface area contributed by atoms with E-state index in [9.17, 15) is 4.79 Å². The average Bonchev–Trinajstić information content (AvgIpc) is 2.62. The molecular weight excluding hydrogens is 371 g/mol. The maximum Gasteiger partial charge on any atom is 0.259 e. The van der Waals surface area contributed by atoms with Gasteiger partial charge < -0.3 is 15.0 Å². The van der Waals surface area contributed by atoms with Crippen LogP contribution < -0.4 is 15.0 Å². The normalized spacial score (nSPS) is 15.0. The minimum atomic E-state index is -0.302. The van der Waals surface area contributed by atoms with Gasteiger partial charge in [0.15, 0.2) is 0 Å². The Bertz CT molecular complexity index is 802. The fourth-order valence-corrected chi connectivity index (χ4v) is 3.80. The second kappa shape index (κ2) is 8.19. The van der Waals surface area contributed by atoms with E-state index < -0.39 is 0 Å². The number of amides is 1. The molecule has 1 saturated heterocycles.